The Hall–Kier alpha value is -2.00. The number of ether oxygens (including phenoxy) is 1. The number of phenols is 1. The van der Waals surface area contributed by atoms with Crippen molar-refractivity contribution in [2.75, 3.05) is 6.61 Å². The molecule has 0 atom stereocenters. The zero-order valence-electron chi connectivity index (χ0n) is 15.5. The molecule has 0 heterocycles. The minimum Gasteiger partial charge on any atom is -1.00 e. The minimum absolute atomic E-state index is 0. The maximum Gasteiger partial charge on any atom is 0.127 e. The standard InChI is InChI=1S/C23H28O2.BrH/c1-4-7-8-15-25-23-14-11-18(9-5-2)16-21(23)19-12-13-22(24)20(17-19)10-6-3;/h5-6,11-14,16-17,24H,2-4,7-10,15H2,1H3;1H/p-1. The van der Waals surface area contributed by atoms with E-state index in [0.29, 0.717) is 12.2 Å². The highest BCUT2D eigenvalue weighted by Crippen LogP contribution is 2.34. The fourth-order valence-electron chi connectivity index (χ4n) is 2.83. The molecule has 0 unspecified atom stereocenters. The van der Waals surface area contributed by atoms with Crippen LogP contribution in [0.15, 0.2) is 61.7 Å². The molecule has 0 saturated heterocycles. The Labute approximate surface area is 168 Å². The molecule has 0 aromatic heterocycles. The van der Waals surface area contributed by atoms with Crippen molar-refractivity contribution in [3.63, 3.8) is 0 Å². The number of allylic oxidation sites excluding steroid dienone is 2. The molecule has 0 amide bonds. The molecule has 0 aliphatic carbocycles. The van der Waals surface area contributed by atoms with Crippen molar-refractivity contribution < 1.29 is 26.8 Å². The number of benzene rings is 2. The van der Waals surface area contributed by atoms with E-state index in [0.717, 1.165) is 41.9 Å². The predicted octanol–water partition coefficient (Wildman–Crippen LogP) is 3.09. The zero-order valence-corrected chi connectivity index (χ0v) is 17.1. The average molecular weight is 416 g/mol. The van der Waals surface area contributed by atoms with Crippen molar-refractivity contribution >= 4 is 0 Å². The normalized spacial score (nSPS) is 10.0. The summed E-state index contributed by atoms with van der Waals surface area (Å²) in [6.07, 6.45) is 8.57. The number of hydrogen-bond acceptors (Lipinski definition) is 2. The third-order valence-corrected chi connectivity index (χ3v) is 4.18. The Morgan fingerprint density at radius 1 is 1.00 bits per heavy atom. The van der Waals surface area contributed by atoms with Crippen molar-refractivity contribution in [2.45, 2.75) is 39.0 Å². The molecule has 0 aliphatic rings. The zero-order chi connectivity index (χ0) is 18.1. The monoisotopic (exact) mass is 415 g/mol. The second-order valence-corrected chi connectivity index (χ2v) is 6.22. The second-order valence-electron chi connectivity index (χ2n) is 6.22. The lowest BCUT2D eigenvalue weighted by atomic mass is 9.97. The van der Waals surface area contributed by atoms with Crippen LogP contribution in [-0.4, -0.2) is 11.7 Å². The van der Waals surface area contributed by atoms with Gasteiger partial charge in [-0.1, -0.05) is 44.1 Å². The Morgan fingerprint density at radius 3 is 2.46 bits per heavy atom. The fourth-order valence-corrected chi connectivity index (χ4v) is 2.83. The van der Waals surface area contributed by atoms with Crippen LogP contribution in [0.2, 0.25) is 0 Å². The Bertz CT molecular complexity index is 722. The van der Waals surface area contributed by atoms with E-state index in [1.807, 2.05) is 24.3 Å². The van der Waals surface area contributed by atoms with E-state index in [-0.39, 0.29) is 17.0 Å². The molecule has 2 rings (SSSR count). The van der Waals surface area contributed by atoms with Gasteiger partial charge in [-0.15, -0.1) is 13.2 Å². The third kappa shape index (κ3) is 6.06. The van der Waals surface area contributed by atoms with Crippen LogP contribution < -0.4 is 21.7 Å². The number of unbranched alkanes of at least 4 members (excludes halogenated alkanes) is 2. The van der Waals surface area contributed by atoms with E-state index >= 15 is 0 Å². The van der Waals surface area contributed by atoms with Gasteiger partial charge in [0.2, 0.25) is 0 Å². The lowest BCUT2D eigenvalue weighted by Crippen LogP contribution is -3.00. The van der Waals surface area contributed by atoms with Crippen molar-refractivity contribution in [1.82, 2.24) is 0 Å². The van der Waals surface area contributed by atoms with Crippen LogP contribution in [0.1, 0.15) is 37.3 Å². The largest absolute Gasteiger partial charge is 1.00 e. The first kappa shape index (κ1) is 22.0. The minimum atomic E-state index is 0. The summed E-state index contributed by atoms with van der Waals surface area (Å²) >= 11 is 0. The highest BCUT2D eigenvalue weighted by atomic mass is 79.9. The molecular weight excluding hydrogens is 388 g/mol. The highest BCUT2D eigenvalue weighted by Gasteiger charge is 2.10. The molecule has 26 heavy (non-hydrogen) atoms. The van der Waals surface area contributed by atoms with Crippen LogP contribution in [0.5, 0.6) is 11.5 Å². The van der Waals surface area contributed by atoms with Gasteiger partial charge in [0.25, 0.3) is 0 Å². The molecule has 0 saturated carbocycles. The lowest BCUT2D eigenvalue weighted by molar-refractivity contribution is -0.00000656. The number of hydrogen-bond donors (Lipinski definition) is 1. The summed E-state index contributed by atoms with van der Waals surface area (Å²) in [6, 6.07) is 12.0. The lowest BCUT2D eigenvalue weighted by Gasteiger charge is -2.14. The van der Waals surface area contributed by atoms with Crippen molar-refractivity contribution in [3.8, 4) is 22.6 Å². The molecule has 1 N–H and O–H groups in total. The predicted molar refractivity (Wildman–Crippen MR) is 106 cm³/mol. The van der Waals surface area contributed by atoms with Gasteiger partial charge in [0.1, 0.15) is 11.5 Å². The molecular formula is C23H28BrO2-. The van der Waals surface area contributed by atoms with Gasteiger partial charge in [-0.3, -0.25) is 0 Å². The van der Waals surface area contributed by atoms with Crippen LogP contribution in [0.3, 0.4) is 0 Å². The van der Waals surface area contributed by atoms with Crippen LogP contribution in [0.25, 0.3) is 11.1 Å². The van der Waals surface area contributed by atoms with E-state index in [9.17, 15) is 5.11 Å². The Balaban J connectivity index is 0.00000338. The molecule has 0 aliphatic heterocycles. The van der Waals surface area contributed by atoms with E-state index in [1.165, 1.54) is 18.4 Å². The van der Waals surface area contributed by atoms with Crippen molar-refractivity contribution in [2.24, 2.45) is 0 Å². The Morgan fingerprint density at radius 2 is 1.77 bits per heavy atom. The van der Waals surface area contributed by atoms with Crippen LogP contribution in [0.4, 0.5) is 0 Å². The first-order valence-electron chi connectivity index (χ1n) is 8.99. The molecule has 2 aromatic rings. The van der Waals surface area contributed by atoms with Crippen LogP contribution in [-0.2, 0) is 12.8 Å². The Kier molecular flexibility index (Phi) is 9.82. The molecule has 2 nitrogen and oxygen atoms in total. The van der Waals surface area contributed by atoms with Gasteiger partial charge in [-0.2, -0.15) is 0 Å². The first-order chi connectivity index (χ1) is 12.2. The van der Waals surface area contributed by atoms with Crippen molar-refractivity contribution in [1.29, 1.82) is 0 Å². The summed E-state index contributed by atoms with van der Waals surface area (Å²) in [5.41, 5.74) is 4.18. The number of aromatic hydroxyl groups is 1. The molecule has 3 heteroatoms. The smallest absolute Gasteiger partial charge is 0.127 e. The van der Waals surface area contributed by atoms with Crippen molar-refractivity contribution in [3.05, 3.63) is 72.8 Å². The highest BCUT2D eigenvalue weighted by molar-refractivity contribution is 5.72. The second kappa shape index (κ2) is 11.6. The van der Waals surface area contributed by atoms with Gasteiger partial charge in [-0.05, 0) is 60.2 Å². The number of halogens is 1. The third-order valence-electron chi connectivity index (χ3n) is 4.18. The summed E-state index contributed by atoms with van der Waals surface area (Å²) in [5, 5.41) is 10.0. The summed E-state index contributed by atoms with van der Waals surface area (Å²) in [5.74, 6) is 1.19. The average Bonchev–Trinajstić information content (AvgIpc) is 2.62. The summed E-state index contributed by atoms with van der Waals surface area (Å²) in [4.78, 5) is 0. The number of phenolic OH excluding ortho intramolecular Hbond substituents is 1. The van der Waals surface area contributed by atoms with Gasteiger partial charge < -0.3 is 26.8 Å². The van der Waals surface area contributed by atoms with Crippen LogP contribution >= 0.6 is 0 Å². The topological polar surface area (TPSA) is 29.5 Å². The van der Waals surface area contributed by atoms with Gasteiger partial charge in [0.15, 0.2) is 0 Å². The molecule has 0 bridgehead atoms. The maximum atomic E-state index is 10.0. The summed E-state index contributed by atoms with van der Waals surface area (Å²) < 4.78 is 6.05. The fraction of sp³-hybridized carbons (Fsp3) is 0.304. The van der Waals surface area contributed by atoms with E-state index < -0.39 is 0 Å². The molecule has 140 valence electrons. The molecule has 0 spiro atoms. The van der Waals surface area contributed by atoms with Gasteiger partial charge in [0.05, 0.1) is 6.61 Å². The summed E-state index contributed by atoms with van der Waals surface area (Å²) in [6.45, 7) is 10.5. The van der Waals surface area contributed by atoms with E-state index in [2.05, 4.69) is 32.2 Å². The first-order valence-corrected chi connectivity index (χ1v) is 8.99. The molecule has 2 aromatic carbocycles. The van der Waals surface area contributed by atoms with Crippen LogP contribution in [0, 0.1) is 0 Å². The van der Waals surface area contributed by atoms with Gasteiger partial charge in [0, 0.05) is 5.56 Å². The summed E-state index contributed by atoms with van der Waals surface area (Å²) in [7, 11) is 0. The van der Waals surface area contributed by atoms with E-state index in [1.54, 1.807) is 12.1 Å². The van der Waals surface area contributed by atoms with E-state index in [4.69, 9.17) is 4.74 Å². The molecule has 0 radical (unpaired) electrons. The molecule has 0 fully saturated rings. The maximum absolute atomic E-state index is 10.0. The number of rotatable bonds is 10. The SMILES string of the molecule is C=CCc1ccc(OCCCCC)c(-c2ccc(O)c(CC=C)c2)c1.[Br-]. The quantitative estimate of drug-likeness (QED) is 0.477. The van der Waals surface area contributed by atoms with Gasteiger partial charge in [-0.25, -0.2) is 0 Å². The van der Waals surface area contributed by atoms with Gasteiger partial charge >= 0.3 is 0 Å².